The van der Waals surface area contributed by atoms with Crippen molar-refractivity contribution in [1.82, 2.24) is 19.7 Å². The van der Waals surface area contributed by atoms with E-state index in [9.17, 15) is 14.9 Å². The summed E-state index contributed by atoms with van der Waals surface area (Å²) in [4.78, 5) is 29.2. The normalized spacial score (nSPS) is 12.0. The maximum atomic E-state index is 12.5. The SMILES string of the molecule is Cc1cc(NC(=O)CN(C)[C@@H](C)c2ccc(-n3cncn3)cc2)c([N+](=O)[O-])cc1C. The largest absolute Gasteiger partial charge is 0.319 e. The van der Waals surface area contributed by atoms with Gasteiger partial charge in [0.15, 0.2) is 0 Å². The molecule has 0 bridgehead atoms. The molecule has 0 fully saturated rings. The second-order valence-electron chi connectivity index (χ2n) is 7.28. The molecule has 0 saturated carbocycles. The first kappa shape index (κ1) is 21.1. The summed E-state index contributed by atoms with van der Waals surface area (Å²) in [6.07, 6.45) is 3.10. The van der Waals surface area contributed by atoms with E-state index in [1.54, 1.807) is 24.0 Å². The van der Waals surface area contributed by atoms with Gasteiger partial charge in [-0.3, -0.25) is 19.8 Å². The number of likely N-dealkylation sites (N-methyl/N-ethyl adjacent to an activating group) is 1. The molecule has 0 aliphatic heterocycles. The Labute approximate surface area is 174 Å². The first-order chi connectivity index (χ1) is 14.3. The van der Waals surface area contributed by atoms with Crippen LogP contribution in [-0.2, 0) is 4.79 Å². The molecule has 0 radical (unpaired) electrons. The van der Waals surface area contributed by atoms with Crippen LogP contribution in [-0.4, -0.2) is 44.1 Å². The smallest absolute Gasteiger partial charge is 0.293 e. The highest BCUT2D eigenvalue weighted by atomic mass is 16.6. The van der Waals surface area contributed by atoms with Gasteiger partial charge in [0.2, 0.25) is 5.91 Å². The molecule has 0 aliphatic carbocycles. The Kier molecular flexibility index (Phi) is 6.22. The fourth-order valence-electron chi connectivity index (χ4n) is 3.11. The number of aromatic nitrogens is 3. The zero-order valence-corrected chi connectivity index (χ0v) is 17.4. The summed E-state index contributed by atoms with van der Waals surface area (Å²) in [5, 5.41) is 18.1. The maximum Gasteiger partial charge on any atom is 0.293 e. The monoisotopic (exact) mass is 408 g/mol. The van der Waals surface area contributed by atoms with Crippen LogP contribution in [0.15, 0.2) is 49.1 Å². The highest BCUT2D eigenvalue weighted by Crippen LogP contribution is 2.28. The lowest BCUT2D eigenvalue weighted by atomic mass is 10.1. The summed E-state index contributed by atoms with van der Waals surface area (Å²) >= 11 is 0. The third kappa shape index (κ3) is 4.69. The van der Waals surface area contributed by atoms with E-state index in [0.29, 0.717) is 0 Å². The average Bonchev–Trinajstić information content (AvgIpc) is 3.24. The zero-order chi connectivity index (χ0) is 21.8. The Morgan fingerprint density at radius 1 is 1.23 bits per heavy atom. The Bertz CT molecular complexity index is 1050. The molecule has 9 heteroatoms. The van der Waals surface area contributed by atoms with Crippen molar-refractivity contribution in [2.75, 3.05) is 18.9 Å². The average molecular weight is 408 g/mol. The van der Waals surface area contributed by atoms with E-state index in [1.807, 2.05) is 50.1 Å². The molecule has 1 amide bonds. The number of carbonyl (C=O) groups is 1. The zero-order valence-electron chi connectivity index (χ0n) is 17.4. The fraction of sp³-hybridized carbons (Fsp3) is 0.286. The second kappa shape index (κ2) is 8.83. The highest BCUT2D eigenvalue weighted by molar-refractivity contribution is 5.94. The quantitative estimate of drug-likeness (QED) is 0.474. The first-order valence-electron chi connectivity index (χ1n) is 9.47. The molecule has 9 nitrogen and oxygen atoms in total. The number of hydrogen-bond donors (Lipinski definition) is 1. The molecule has 0 saturated heterocycles. The van der Waals surface area contributed by atoms with Gasteiger partial charge in [0.1, 0.15) is 18.3 Å². The molecule has 30 heavy (non-hydrogen) atoms. The van der Waals surface area contributed by atoms with Crippen LogP contribution in [0.1, 0.15) is 29.7 Å². The summed E-state index contributed by atoms with van der Waals surface area (Å²) < 4.78 is 1.67. The van der Waals surface area contributed by atoms with E-state index >= 15 is 0 Å². The molecule has 0 spiro atoms. The molecule has 1 heterocycles. The number of benzene rings is 2. The summed E-state index contributed by atoms with van der Waals surface area (Å²) in [6.45, 7) is 5.75. The van der Waals surface area contributed by atoms with Crippen molar-refractivity contribution in [3.8, 4) is 5.69 Å². The third-order valence-corrected chi connectivity index (χ3v) is 5.20. The van der Waals surface area contributed by atoms with Crippen molar-refractivity contribution < 1.29 is 9.72 Å². The molecule has 0 unspecified atom stereocenters. The Balaban J connectivity index is 1.67. The van der Waals surface area contributed by atoms with Crippen LogP contribution in [0.25, 0.3) is 5.69 Å². The molecule has 3 rings (SSSR count). The molecule has 1 N–H and O–H groups in total. The van der Waals surface area contributed by atoms with Gasteiger partial charge < -0.3 is 5.32 Å². The lowest BCUT2D eigenvalue weighted by Gasteiger charge is -2.24. The molecular formula is C21H24N6O3. The highest BCUT2D eigenvalue weighted by Gasteiger charge is 2.20. The van der Waals surface area contributed by atoms with Crippen molar-refractivity contribution in [2.45, 2.75) is 26.8 Å². The number of rotatable bonds is 7. The van der Waals surface area contributed by atoms with Crippen molar-refractivity contribution >= 4 is 17.3 Å². The van der Waals surface area contributed by atoms with E-state index in [-0.39, 0.29) is 29.9 Å². The van der Waals surface area contributed by atoms with Crippen molar-refractivity contribution in [3.63, 3.8) is 0 Å². The molecular weight excluding hydrogens is 384 g/mol. The number of anilines is 1. The first-order valence-corrected chi connectivity index (χ1v) is 9.47. The van der Waals surface area contributed by atoms with E-state index in [0.717, 1.165) is 22.4 Å². The lowest BCUT2D eigenvalue weighted by Crippen LogP contribution is -2.32. The van der Waals surface area contributed by atoms with Gasteiger partial charge in [0, 0.05) is 12.1 Å². The van der Waals surface area contributed by atoms with Gasteiger partial charge in [0.25, 0.3) is 5.69 Å². The van der Waals surface area contributed by atoms with Gasteiger partial charge in [-0.15, -0.1) is 0 Å². The standard InChI is InChI=1S/C21H24N6O3/c1-14-9-19(20(27(29)30)10-15(14)2)24-21(28)11-25(4)16(3)17-5-7-18(8-6-17)26-13-22-12-23-26/h5-10,12-13,16H,11H2,1-4H3,(H,24,28)/t16-/m0/s1. The van der Waals surface area contributed by atoms with Gasteiger partial charge in [-0.05, 0) is 62.7 Å². The Hall–Kier alpha value is -3.59. The number of nitro benzene ring substituents is 1. The van der Waals surface area contributed by atoms with Gasteiger partial charge in [-0.1, -0.05) is 12.1 Å². The van der Waals surface area contributed by atoms with Crippen molar-refractivity contribution in [3.05, 3.63) is 75.9 Å². The number of carbonyl (C=O) groups excluding carboxylic acids is 1. The van der Waals surface area contributed by atoms with Crippen LogP contribution in [0.4, 0.5) is 11.4 Å². The molecule has 1 aromatic heterocycles. The minimum absolute atomic E-state index is 0.0321. The van der Waals surface area contributed by atoms with Crippen LogP contribution in [0.5, 0.6) is 0 Å². The number of amides is 1. The van der Waals surface area contributed by atoms with E-state index in [4.69, 9.17) is 0 Å². The minimum Gasteiger partial charge on any atom is -0.319 e. The molecule has 2 aromatic carbocycles. The van der Waals surface area contributed by atoms with E-state index in [2.05, 4.69) is 15.4 Å². The predicted molar refractivity (Wildman–Crippen MR) is 114 cm³/mol. The van der Waals surface area contributed by atoms with E-state index < -0.39 is 4.92 Å². The summed E-state index contributed by atoms with van der Waals surface area (Å²) in [5.41, 5.74) is 3.72. The number of nitro groups is 1. The number of nitrogens with zero attached hydrogens (tertiary/aromatic N) is 5. The minimum atomic E-state index is -0.481. The second-order valence-corrected chi connectivity index (χ2v) is 7.28. The van der Waals surface area contributed by atoms with Crippen molar-refractivity contribution in [1.29, 1.82) is 0 Å². The van der Waals surface area contributed by atoms with Crippen LogP contribution < -0.4 is 5.32 Å². The van der Waals surface area contributed by atoms with Crippen LogP contribution in [0, 0.1) is 24.0 Å². The van der Waals surface area contributed by atoms with E-state index in [1.165, 1.54) is 12.4 Å². The lowest BCUT2D eigenvalue weighted by molar-refractivity contribution is -0.384. The number of aryl methyl sites for hydroxylation is 2. The summed E-state index contributed by atoms with van der Waals surface area (Å²) in [7, 11) is 1.84. The number of nitrogens with one attached hydrogen (secondary N) is 1. The predicted octanol–water partition coefficient (Wildman–Crippen LogP) is 3.42. The summed E-state index contributed by atoms with van der Waals surface area (Å²) in [5.74, 6) is -0.310. The van der Waals surface area contributed by atoms with Gasteiger partial charge in [0.05, 0.1) is 17.2 Å². The van der Waals surface area contributed by atoms with Gasteiger partial charge in [-0.25, -0.2) is 9.67 Å². The van der Waals surface area contributed by atoms with Crippen LogP contribution in [0.3, 0.4) is 0 Å². The Morgan fingerprint density at radius 3 is 2.50 bits per heavy atom. The van der Waals surface area contributed by atoms with Gasteiger partial charge in [-0.2, -0.15) is 5.10 Å². The molecule has 156 valence electrons. The maximum absolute atomic E-state index is 12.5. The molecule has 1 atom stereocenters. The van der Waals surface area contributed by atoms with Crippen LogP contribution in [0.2, 0.25) is 0 Å². The Morgan fingerprint density at radius 2 is 1.90 bits per heavy atom. The fourth-order valence-corrected chi connectivity index (χ4v) is 3.11. The van der Waals surface area contributed by atoms with Crippen LogP contribution >= 0.6 is 0 Å². The van der Waals surface area contributed by atoms with Gasteiger partial charge >= 0.3 is 0 Å². The molecule has 3 aromatic rings. The van der Waals surface area contributed by atoms with Crippen molar-refractivity contribution in [2.24, 2.45) is 0 Å². The third-order valence-electron chi connectivity index (χ3n) is 5.20. The number of hydrogen-bond acceptors (Lipinski definition) is 6. The summed E-state index contributed by atoms with van der Waals surface area (Å²) in [6, 6.07) is 10.9. The topological polar surface area (TPSA) is 106 Å². The molecule has 0 aliphatic rings.